The van der Waals surface area contributed by atoms with Gasteiger partial charge < -0.3 is 10.5 Å². The number of ketones is 1. The average molecular weight is 256 g/mol. The number of nitrogen functional groups attached to an aromatic ring is 1. The molecule has 0 fully saturated rings. The Kier molecular flexibility index (Phi) is 3.80. The number of pyridine rings is 1. The van der Waals surface area contributed by atoms with Gasteiger partial charge in [-0.25, -0.2) is 0 Å². The van der Waals surface area contributed by atoms with E-state index < -0.39 is 0 Å². The summed E-state index contributed by atoms with van der Waals surface area (Å²) in [5.74, 6) is 0.494. The molecule has 0 aliphatic rings. The van der Waals surface area contributed by atoms with E-state index in [4.69, 9.17) is 10.5 Å². The van der Waals surface area contributed by atoms with Gasteiger partial charge in [0.1, 0.15) is 5.75 Å². The molecule has 1 aromatic heterocycles. The molecule has 2 aromatic rings. The van der Waals surface area contributed by atoms with Crippen molar-refractivity contribution in [2.45, 2.75) is 13.8 Å². The fourth-order valence-corrected chi connectivity index (χ4v) is 1.84. The van der Waals surface area contributed by atoms with Gasteiger partial charge in [0.2, 0.25) is 0 Å². The molecule has 98 valence electrons. The number of hydrogen-bond donors (Lipinski definition) is 1. The predicted octanol–water partition coefficient (Wildman–Crippen LogP) is 2.60. The minimum Gasteiger partial charge on any atom is -0.492 e. The Hall–Kier alpha value is -2.36. The molecule has 1 heterocycles. The molecule has 0 amide bonds. The molecule has 1 aromatic carbocycles. The third kappa shape index (κ3) is 2.73. The molecule has 0 unspecified atom stereocenters. The number of rotatable bonds is 4. The minimum atomic E-state index is -0.0983. The first-order chi connectivity index (χ1) is 9.13. The largest absolute Gasteiger partial charge is 0.492 e. The van der Waals surface area contributed by atoms with Crippen molar-refractivity contribution in [2.24, 2.45) is 0 Å². The molecule has 0 saturated carbocycles. The second-order valence-corrected chi connectivity index (χ2v) is 4.19. The molecule has 0 aliphatic heterocycles. The average Bonchev–Trinajstić information content (AvgIpc) is 2.42. The first-order valence-electron chi connectivity index (χ1n) is 6.11. The zero-order chi connectivity index (χ0) is 13.8. The van der Waals surface area contributed by atoms with Crippen LogP contribution in [0.4, 0.5) is 5.69 Å². The number of nitrogens with zero attached hydrogens (tertiary/aromatic N) is 1. The molecule has 2 rings (SSSR count). The Morgan fingerprint density at radius 1 is 1.37 bits per heavy atom. The van der Waals surface area contributed by atoms with Gasteiger partial charge in [-0.2, -0.15) is 0 Å². The molecule has 0 spiro atoms. The third-order valence-corrected chi connectivity index (χ3v) is 2.91. The van der Waals surface area contributed by atoms with Crippen molar-refractivity contribution in [3.63, 3.8) is 0 Å². The van der Waals surface area contributed by atoms with Gasteiger partial charge in [0.25, 0.3) is 0 Å². The highest BCUT2D eigenvalue weighted by atomic mass is 16.5. The van der Waals surface area contributed by atoms with Crippen molar-refractivity contribution < 1.29 is 9.53 Å². The lowest BCUT2D eigenvalue weighted by molar-refractivity contribution is 0.103. The molecule has 4 heteroatoms. The van der Waals surface area contributed by atoms with E-state index >= 15 is 0 Å². The van der Waals surface area contributed by atoms with Crippen LogP contribution in [0.5, 0.6) is 5.75 Å². The molecule has 19 heavy (non-hydrogen) atoms. The molecule has 4 nitrogen and oxygen atoms in total. The third-order valence-electron chi connectivity index (χ3n) is 2.91. The number of nitrogens with two attached hydrogens (primary N) is 1. The highest BCUT2D eigenvalue weighted by molar-refractivity contribution is 6.10. The maximum Gasteiger partial charge on any atom is 0.195 e. The molecular weight excluding hydrogens is 240 g/mol. The smallest absolute Gasteiger partial charge is 0.195 e. The SMILES string of the molecule is CCOc1cncc(C(=O)c2cccc(N)c2C)c1. The van der Waals surface area contributed by atoms with E-state index in [1.165, 1.54) is 6.20 Å². The van der Waals surface area contributed by atoms with Gasteiger partial charge in [0.15, 0.2) is 5.78 Å². The first kappa shape index (κ1) is 13.1. The summed E-state index contributed by atoms with van der Waals surface area (Å²) in [5, 5.41) is 0. The van der Waals surface area contributed by atoms with Crippen LogP contribution in [-0.2, 0) is 0 Å². The summed E-state index contributed by atoms with van der Waals surface area (Å²) in [6.07, 6.45) is 3.12. The standard InChI is InChI=1S/C15H16N2O2/c1-3-19-12-7-11(8-17-9-12)15(18)13-5-4-6-14(16)10(13)2/h4-9H,3,16H2,1-2H3. The second-order valence-electron chi connectivity index (χ2n) is 4.19. The van der Waals surface area contributed by atoms with Gasteiger partial charge >= 0.3 is 0 Å². The fraction of sp³-hybridized carbons (Fsp3) is 0.200. The van der Waals surface area contributed by atoms with Crippen molar-refractivity contribution in [3.8, 4) is 5.75 Å². The molecular formula is C15H16N2O2. The summed E-state index contributed by atoms with van der Waals surface area (Å²) in [6.45, 7) is 4.26. The number of benzene rings is 1. The van der Waals surface area contributed by atoms with Crippen LogP contribution in [0, 0.1) is 6.92 Å². The van der Waals surface area contributed by atoms with Gasteiger partial charge in [-0.1, -0.05) is 12.1 Å². The monoisotopic (exact) mass is 256 g/mol. The molecule has 0 atom stereocenters. The van der Waals surface area contributed by atoms with Crippen molar-refractivity contribution >= 4 is 11.5 Å². The van der Waals surface area contributed by atoms with Crippen LogP contribution < -0.4 is 10.5 Å². The summed E-state index contributed by atoms with van der Waals surface area (Å²) in [6, 6.07) is 7.01. The van der Waals surface area contributed by atoms with Crippen LogP contribution in [0.3, 0.4) is 0 Å². The lowest BCUT2D eigenvalue weighted by Crippen LogP contribution is -2.06. The number of ether oxygens (including phenoxy) is 1. The van der Waals surface area contributed by atoms with E-state index in [1.807, 2.05) is 13.8 Å². The number of carbonyl (C=O) groups excluding carboxylic acids is 1. The van der Waals surface area contributed by atoms with E-state index in [0.29, 0.717) is 29.2 Å². The first-order valence-corrected chi connectivity index (χ1v) is 6.11. The number of hydrogen-bond acceptors (Lipinski definition) is 4. The van der Waals surface area contributed by atoms with E-state index in [2.05, 4.69) is 4.98 Å². The maximum atomic E-state index is 12.4. The Labute approximate surface area is 112 Å². The van der Waals surface area contributed by atoms with E-state index in [-0.39, 0.29) is 5.78 Å². The van der Waals surface area contributed by atoms with E-state index in [9.17, 15) is 4.79 Å². The van der Waals surface area contributed by atoms with Crippen molar-refractivity contribution in [1.29, 1.82) is 0 Å². The highest BCUT2D eigenvalue weighted by Crippen LogP contribution is 2.20. The van der Waals surface area contributed by atoms with Crippen LogP contribution >= 0.6 is 0 Å². The van der Waals surface area contributed by atoms with Crippen LogP contribution in [-0.4, -0.2) is 17.4 Å². The highest BCUT2D eigenvalue weighted by Gasteiger charge is 2.14. The van der Waals surface area contributed by atoms with Crippen molar-refractivity contribution in [2.75, 3.05) is 12.3 Å². The van der Waals surface area contributed by atoms with E-state index in [1.54, 1.807) is 30.5 Å². The molecule has 0 radical (unpaired) electrons. The lowest BCUT2D eigenvalue weighted by atomic mass is 9.99. The number of anilines is 1. The molecule has 0 aliphatic carbocycles. The summed E-state index contributed by atoms with van der Waals surface area (Å²) in [7, 11) is 0. The number of aromatic nitrogens is 1. The number of carbonyl (C=O) groups is 1. The molecule has 0 bridgehead atoms. The quantitative estimate of drug-likeness (QED) is 0.674. The maximum absolute atomic E-state index is 12.4. The van der Waals surface area contributed by atoms with Gasteiger partial charge in [0, 0.05) is 23.0 Å². The van der Waals surface area contributed by atoms with Crippen LogP contribution in [0.25, 0.3) is 0 Å². The Morgan fingerprint density at radius 3 is 2.89 bits per heavy atom. The normalized spacial score (nSPS) is 10.2. The van der Waals surface area contributed by atoms with Gasteiger partial charge in [-0.3, -0.25) is 9.78 Å². The Morgan fingerprint density at radius 2 is 2.16 bits per heavy atom. The van der Waals surface area contributed by atoms with Gasteiger partial charge in [-0.15, -0.1) is 0 Å². The molecule has 0 saturated heterocycles. The van der Waals surface area contributed by atoms with Gasteiger partial charge in [-0.05, 0) is 31.5 Å². The Balaban J connectivity index is 2.38. The predicted molar refractivity (Wildman–Crippen MR) is 74.4 cm³/mol. The Bertz CT molecular complexity index is 609. The van der Waals surface area contributed by atoms with Crippen LogP contribution in [0.15, 0.2) is 36.7 Å². The topological polar surface area (TPSA) is 65.2 Å². The molecule has 2 N–H and O–H groups in total. The van der Waals surface area contributed by atoms with E-state index in [0.717, 1.165) is 5.56 Å². The second kappa shape index (κ2) is 5.52. The zero-order valence-electron chi connectivity index (χ0n) is 11.0. The van der Waals surface area contributed by atoms with Gasteiger partial charge in [0.05, 0.1) is 12.8 Å². The minimum absolute atomic E-state index is 0.0983. The summed E-state index contributed by atoms with van der Waals surface area (Å²) < 4.78 is 5.35. The summed E-state index contributed by atoms with van der Waals surface area (Å²) in [4.78, 5) is 16.4. The summed E-state index contributed by atoms with van der Waals surface area (Å²) >= 11 is 0. The summed E-state index contributed by atoms with van der Waals surface area (Å²) in [5.41, 5.74) is 8.31. The lowest BCUT2D eigenvalue weighted by Gasteiger charge is -2.08. The van der Waals surface area contributed by atoms with Crippen molar-refractivity contribution in [1.82, 2.24) is 4.98 Å². The fourth-order valence-electron chi connectivity index (χ4n) is 1.84. The zero-order valence-corrected chi connectivity index (χ0v) is 11.0. The van der Waals surface area contributed by atoms with Crippen LogP contribution in [0.1, 0.15) is 28.4 Å². The van der Waals surface area contributed by atoms with Crippen LogP contribution in [0.2, 0.25) is 0 Å². The van der Waals surface area contributed by atoms with Crippen molar-refractivity contribution in [3.05, 3.63) is 53.3 Å².